The molecule has 1 aromatic carbocycles. The standard InChI is InChI=1S/C12H12BrN5O3/c13-9-3-5-10(6-4-9)15-11(19)2-1-7-17-8-14-12(16-17)18(20)21/h3-6,8H,1-2,7H2,(H,15,19). The number of hydrogen-bond donors (Lipinski definition) is 1. The summed E-state index contributed by atoms with van der Waals surface area (Å²) in [5.74, 6) is -0.554. The maximum Gasteiger partial charge on any atom is 0.490 e. The summed E-state index contributed by atoms with van der Waals surface area (Å²) in [6, 6.07) is 7.26. The highest BCUT2D eigenvalue weighted by molar-refractivity contribution is 9.10. The number of carbonyl (C=O) groups excluding carboxylic acids is 1. The molecule has 0 aliphatic rings. The van der Waals surface area contributed by atoms with Gasteiger partial charge < -0.3 is 15.4 Å². The van der Waals surface area contributed by atoms with Crippen LogP contribution in [0, 0.1) is 10.1 Å². The second-order valence-electron chi connectivity index (χ2n) is 4.22. The predicted molar refractivity (Wildman–Crippen MR) is 78.7 cm³/mol. The number of hydrogen-bond acceptors (Lipinski definition) is 5. The predicted octanol–water partition coefficient (Wildman–Crippen LogP) is 2.37. The Morgan fingerprint density at radius 2 is 2.10 bits per heavy atom. The largest absolute Gasteiger partial charge is 0.490 e. The van der Waals surface area contributed by atoms with Crippen molar-refractivity contribution in [2.75, 3.05) is 5.32 Å². The van der Waals surface area contributed by atoms with Crippen LogP contribution in [0.4, 0.5) is 11.6 Å². The van der Waals surface area contributed by atoms with Crippen molar-refractivity contribution < 1.29 is 9.72 Å². The molecule has 1 aromatic heterocycles. The number of anilines is 1. The van der Waals surface area contributed by atoms with Crippen molar-refractivity contribution in [3.63, 3.8) is 0 Å². The van der Waals surface area contributed by atoms with Crippen LogP contribution in [0.3, 0.4) is 0 Å². The molecule has 0 bridgehead atoms. The molecule has 1 amide bonds. The molecule has 1 heterocycles. The van der Waals surface area contributed by atoms with Crippen LogP contribution in [0.15, 0.2) is 35.1 Å². The van der Waals surface area contributed by atoms with Gasteiger partial charge in [0.25, 0.3) is 0 Å². The first kappa shape index (κ1) is 15.1. The minimum atomic E-state index is -0.656. The van der Waals surface area contributed by atoms with E-state index < -0.39 is 10.9 Å². The summed E-state index contributed by atoms with van der Waals surface area (Å²) in [5.41, 5.74) is 0.722. The van der Waals surface area contributed by atoms with Crippen LogP contribution in [0.2, 0.25) is 0 Å². The Labute approximate surface area is 128 Å². The van der Waals surface area contributed by atoms with Crippen LogP contribution < -0.4 is 5.32 Å². The molecule has 0 spiro atoms. The zero-order chi connectivity index (χ0) is 15.2. The van der Waals surface area contributed by atoms with Gasteiger partial charge in [-0.25, -0.2) is 0 Å². The fourth-order valence-electron chi connectivity index (χ4n) is 1.63. The lowest BCUT2D eigenvalue weighted by molar-refractivity contribution is -0.394. The maximum absolute atomic E-state index is 11.7. The highest BCUT2D eigenvalue weighted by atomic mass is 79.9. The quantitative estimate of drug-likeness (QED) is 0.634. The molecule has 110 valence electrons. The van der Waals surface area contributed by atoms with Crippen LogP contribution in [0.25, 0.3) is 0 Å². The number of carbonyl (C=O) groups is 1. The minimum Gasteiger partial charge on any atom is -0.390 e. The Bertz CT molecular complexity index is 641. The maximum atomic E-state index is 11.7. The minimum absolute atomic E-state index is 0.119. The smallest absolute Gasteiger partial charge is 0.390 e. The molecule has 1 N–H and O–H groups in total. The van der Waals surface area contributed by atoms with E-state index in [0.717, 1.165) is 10.2 Å². The second-order valence-corrected chi connectivity index (χ2v) is 5.14. The number of aromatic nitrogens is 3. The van der Waals surface area contributed by atoms with Crippen LogP contribution in [0.5, 0.6) is 0 Å². The first-order chi connectivity index (χ1) is 10.0. The lowest BCUT2D eigenvalue weighted by Crippen LogP contribution is -2.12. The zero-order valence-corrected chi connectivity index (χ0v) is 12.5. The van der Waals surface area contributed by atoms with Crippen LogP contribution in [-0.4, -0.2) is 25.6 Å². The molecular weight excluding hydrogens is 342 g/mol. The molecule has 2 aromatic rings. The SMILES string of the molecule is O=C(CCCn1cnc([N+](=O)[O-])n1)Nc1ccc(Br)cc1. The number of nitro groups is 1. The zero-order valence-electron chi connectivity index (χ0n) is 10.9. The van der Waals surface area contributed by atoms with Gasteiger partial charge in [0, 0.05) is 21.7 Å². The summed E-state index contributed by atoms with van der Waals surface area (Å²) in [6.07, 6.45) is 2.09. The van der Waals surface area contributed by atoms with Gasteiger partial charge in [-0.2, -0.15) is 4.68 Å². The third-order valence-electron chi connectivity index (χ3n) is 2.61. The number of benzene rings is 1. The van der Waals surface area contributed by atoms with Gasteiger partial charge in [0.15, 0.2) is 0 Å². The Morgan fingerprint density at radius 3 is 2.71 bits per heavy atom. The number of amides is 1. The summed E-state index contributed by atoms with van der Waals surface area (Å²) in [5, 5.41) is 16.9. The van der Waals surface area contributed by atoms with Crippen molar-refractivity contribution in [3.05, 3.63) is 45.2 Å². The van der Waals surface area contributed by atoms with Gasteiger partial charge in [-0.1, -0.05) is 20.9 Å². The van der Waals surface area contributed by atoms with E-state index in [-0.39, 0.29) is 5.91 Å². The number of nitrogens with one attached hydrogen (secondary N) is 1. The van der Waals surface area contributed by atoms with E-state index >= 15 is 0 Å². The first-order valence-corrected chi connectivity index (χ1v) is 6.93. The van der Waals surface area contributed by atoms with Crippen LogP contribution >= 0.6 is 15.9 Å². The normalized spacial score (nSPS) is 10.3. The summed E-state index contributed by atoms with van der Waals surface area (Å²) in [4.78, 5) is 25.0. The molecule has 2 rings (SSSR count). The fourth-order valence-corrected chi connectivity index (χ4v) is 1.90. The first-order valence-electron chi connectivity index (χ1n) is 6.14. The highest BCUT2D eigenvalue weighted by Gasteiger charge is 2.12. The molecular formula is C12H12BrN5O3. The lowest BCUT2D eigenvalue weighted by Gasteiger charge is -2.04. The Kier molecular flexibility index (Phi) is 4.99. The van der Waals surface area contributed by atoms with E-state index in [2.05, 4.69) is 31.3 Å². The van der Waals surface area contributed by atoms with E-state index in [0.29, 0.717) is 19.4 Å². The van der Waals surface area contributed by atoms with Crippen molar-refractivity contribution in [3.8, 4) is 0 Å². The molecule has 0 aliphatic carbocycles. The van der Waals surface area contributed by atoms with Crippen molar-refractivity contribution in [2.24, 2.45) is 0 Å². The topological polar surface area (TPSA) is 103 Å². The molecule has 8 nitrogen and oxygen atoms in total. The molecule has 21 heavy (non-hydrogen) atoms. The monoisotopic (exact) mass is 353 g/mol. The van der Waals surface area contributed by atoms with Crippen LogP contribution in [-0.2, 0) is 11.3 Å². The third kappa shape index (κ3) is 4.63. The Hall–Kier alpha value is -2.29. The van der Waals surface area contributed by atoms with E-state index in [1.54, 1.807) is 12.1 Å². The number of halogens is 1. The molecule has 0 saturated heterocycles. The average molecular weight is 354 g/mol. The van der Waals surface area contributed by atoms with Gasteiger partial charge in [0.1, 0.15) is 0 Å². The highest BCUT2D eigenvalue weighted by Crippen LogP contribution is 2.14. The fraction of sp³-hybridized carbons (Fsp3) is 0.250. The van der Waals surface area contributed by atoms with Gasteiger partial charge in [0.05, 0.1) is 6.54 Å². The van der Waals surface area contributed by atoms with Crippen LogP contribution in [0.1, 0.15) is 12.8 Å². The number of aryl methyl sites for hydroxylation is 1. The molecule has 0 fully saturated rings. The van der Waals surface area contributed by atoms with Gasteiger partial charge in [-0.3, -0.25) is 4.79 Å². The molecule has 0 radical (unpaired) electrons. The van der Waals surface area contributed by atoms with Crippen molar-refractivity contribution in [1.29, 1.82) is 0 Å². The van der Waals surface area contributed by atoms with Crippen molar-refractivity contribution in [2.45, 2.75) is 19.4 Å². The molecule has 0 saturated carbocycles. The number of rotatable bonds is 6. The van der Waals surface area contributed by atoms with E-state index in [9.17, 15) is 14.9 Å². The lowest BCUT2D eigenvalue weighted by atomic mass is 10.2. The summed E-state index contributed by atoms with van der Waals surface area (Å²) >= 11 is 3.32. The summed E-state index contributed by atoms with van der Waals surface area (Å²) < 4.78 is 2.29. The van der Waals surface area contributed by atoms with Gasteiger partial charge >= 0.3 is 5.95 Å². The Morgan fingerprint density at radius 1 is 1.38 bits per heavy atom. The van der Waals surface area contributed by atoms with Gasteiger partial charge in [0.2, 0.25) is 12.2 Å². The Balaban J connectivity index is 1.76. The third-order valence-corrected chi connectivity index (χ3v) is 3.14. The van der Waals surface area contributed by atoms with Crippen molar-refractivity contribution in [1.82, 2.24) is 14.8 Å². The molecule has 9 heteroatoms. The molecule has 0 unspecified atom stereocenters. The molecule has 0 atom stereocenters. The average Bonchev–Trinajstić information content (AvgIpc) is 2.90. The molecule has 0 aliphatic heterocycles. The van der Waals surface area contributed by atoms with Gasteiger partial charge in [-0.15, -0.1) is 0 Å². The van der Waals surface area contributed by atoms with E-state index in [1.165, 1.54) is 11.0 Å². The summed E-state index contributed by atoms with van der Waals surface area (Å²) in [7, 11) is 0. The van der Waals surface area contributed by atoms with Crippen molar-refractivity contribution >= 4 is 33.5 Å². The van der Waals surface area contributed by atoms with Gasteiger partial charge in [-0.05, 0) is 35.6 Å². The van der Waals surface area contributed by atoms with E-state index in [4.69, 9.17) is 0 Å². The number of nitrogens with zero attached hydrogens (tertiary/aromatic N) is 4. The van der Waals surface area contributed by atoms with E-state index in [1.807, 2.05) is 12.1 Å². The summed E-state index contributed by atoms with van der Waals surface area (Å²) in [6.45, 7) is 0.397. The second kappa shape index (κ2) is 6.93.